The molecule has 0 saturated heterocycles. The minimum atomic E-state index is -3.06. The zero-order valence-corrected chi connectivity index (χ0v) is 8.99. The Balaban J connectivity index is 2.81. The van der Waals surface area contributed by atoms with Crippen molar-refractivity contribution in [2.24, 2.45) is 5.73 Å². The second kappa shape index (κ2) is 3.89. The van der Waals surface area contributed by atoms with E-state index in [1.165, 1.54) is 10.9 Å². The van der Waals surface area contributed by atoms with Crippen LogP contribution in [0.5, 0.6) is 0 Å². The lowest BCUT2D eigenvalue weighted by molar-refractivity contribution is 0.100. The standard InChI is InChI=1S/C7H12N4O3S/c1-15(13,14)3-2-11-4-5(7(9)12)6(8)10-11/h4H,2-3H2,1H3,(H2,8,10)(H2,9,12). The van der Waals surface area contributed by atoms with Crippen LogP contribution in [0.4, 0.5) is 5.82 Å². The molecule has 0 aliphatic heterocycles. The smallest absolute Gasteiger partial charge is 0.254 e. The number of primary amides is 1. The summed E-state index contributed by atoms with van der Waals surface area (Å²) in [6.07, 6.45) is 2.46. The van der Waals surface area contributed by atoms with Crippen molar-refractivity contribution in [3.8, 4) is 0 Å². The van der Waals surface area contributed by atoms with Crippen LogP contribution >= 0.6 is 0 Å². The zero-order chi connectivity index (χ0) is 11.6. The average Bonchev–Trinajstić information content (AvgIpc) is 2.42. The molecule has 0 spiro atoms. The van der Waals surface area contributed by atoms with Crippen molar-refractivity contribution in [3.05, 3.63) is 11.8 Å². The molecular formula is C7H12N4O3S. The van der Waals surface area contributed by atoms with Gasteiger partial charge in [-0.1, -0.05) is 0 Å². The van der Waals surface area contributed by atoms with Gasteiger partial charge in [0.1, 0.15) is 15.4 Å². The molecule has 0 aromatic carbocycles. The van der Waals surface area contributed by atoms with Gasteiger partial charge in [0.05, 0.1) is 12.3 Å². The first-order chi connectivity index (χ1) is 6.79. The molecule has 0 bridgehead atoms. The molecule has 84 valence electrons. The van der Waals surface area contributed by atoms with Crippen molar-refractivity contribution in [2.75, 3.05) is 17.7 Å². The predicted octanol–water partition coefficient (Wildman–Crippen LogP) is -1.39. The SMILES string of the molecule is CS(=O)(=O)CCn1cc(C(N)=O)c(N)n1. The highest BCUT2D eigenvalue weighted by atomic mass is 32.2. The van der Waals surface area contributed by atoms with Gasteiger partial charge in [-0.2, -0.15) is 5.10 Å². The molecule has 4 N–H and O–H groups in total. The van der Waals surface area contributed by atoms with Crippen molar-refractivity contribution in [1.29, 1.82) is 0 Å². The van der Waals surface area contributed by atoms with Crippen LogP contribution in [0.1, 0.15) is 10.4 Å². The van der Waals surface area contributed by atoms with Gasteiger partial charge in [0.15, 0.2) is 5.82 Å². The molecule has 0 aliphatic rings. The van der Waals surface area contributed by atoms with Crippen LogP contribution in [-0.4, -0.2) is 36.1 Å². The summed E-state index contributed by atoms with van der Waals surface area (Å²) in [7, 11) is -3.06. The molecule has 0 saturated carbocycles. The topological polar surface area (TPSA) is 121 Å². The number of carbonyl (C=O) groups is 1. The molecule has 1 aromatic rings. The highest BCUT2D eigenvalue weighted by Crippen LogP contribution is 2.07. The largest absolute Gasteiger partial charge is 0.382 e. The summed E-state index contributed by atoms with van der Waals surface area (Å²) in [6.45, 7) is 0.149. The fourth-order valence-electron chi connectivity index (χ4n) is 1.00. The van der Waals surface area contributed by atoms with E-state index in [0.717, 1.165) is 6.26 Å². The number of nitrogen functional groups attached to an aromatic ring is 1. The molecule has 0 radical (unpaired) electrons. The molecule has 0 fully saturated rings. The maximum absolute atomic E-state index is 10.9. The lowest BCUT2D eigenvalue weighted by Crippen LogP contribution is -2.12. The van der Waals surface area contributed by atoms with Crippen LogP contribution in [0.2, 0.25) is 0 Å². The normalized spacial score (nSPS) is 11.5. The maximum atomic E-state index is 10.9. The number of hydrogen-bond acceptors (Lipinski definition) is 5. The third-order valence-corrected chi connectivity index (χ3v) is 2.67. The van der Waals surface area contributed by atoms with Crippen molar-refractivity contribution < 1.29 is 13.2 Å². The van der Waals surface area contributed by atoms with Crippen LogP contribution < -0.4 is 11.5 Å². The minimum absolute atomic E-state index is 0.0102. The van der Waals surface area contributed by atoms with Gasteiger partial charge in [-0.15, -0.1) is 0 Å². The van der Waals surface area contributed by atoms with Gasteiger partial charge in [-0.3, -0.25) is 9.48 Å². The van der Waals surface area contributed by atoms with Crippen molar-refractivity contribution in [2.45, 2.75) is 6.54 Å². The van der Waals surface area contributed by atoms with Crippen molar-refractivity contribution >= 4 is 21.6 Å². The quantitative estimate of drug-likeness (QED) is 0.661. The van der Waals surface area contributed by atoms with E-state index in [4.69, 9.17) is 11.5 Å². The molecule has 0 aliphatic carbocycles. The van der Waals surface area contributed by atoms with E-state index in [2.05, 4.69) is 5.10 Å². The number of nitrogens with zero attached hydrogens (tertiary/aromatic N) is 2. The zero-order valence-electron chi connectivity index (χ0n) is 8.17. The second-order valence-electron chi connectivity index (χ2n) is 3.19. The van der Waals surface area contributed by atoms with Crippen LogP contribution in [0, 0.1) is 0 Å². The number of aromatic nitrogens is 2. The third kappa shape index (κ3) is 3.24. The molecule has 1 aromatic heterocycles. The summed E-state index contributed by atoms with van der Waals surface area (Å²) >= 11 is 0. The second-order valence-corrected chi connectivity index (χ2v) is 5.44. The molecular weight excluding hydrogens is 220 g/mol. The van der Waals surface area contributed by atoms with Gasteiger partial charge in [0.25, 0.3) is 5.91 Å². The molecule has 0 unspecified atom stereocenters. The van der Waals surface area contributed by atoms with E-state index in [0.29, 0.717) is 0 Å². The van der Waals surface area contributed by atoms with E-state index >= 15 is 0 Å². The minimum Gasteiger partial charge on any atom is -0.382 e. The average molecular weight is 232 g/mol. The predicted molar refractivity (Wildman–Crippen MR) is 54.9 cm³/mol. The number of sulfone groups is 1. The van der Waals surface area contributed by atoms with Gasteiger partial charge < -0.3 is 11.5 Å². The first-order valence-electron chi connectivity index (χ1n) is 4.10. The lowest BCUT2D eigenvalue weighted by Gasteiger charge is -1.98. The number of amides is 1. The molecule has 1 amide bonds. The Morgan fingerprint density at radius 3 is 2.60 bits per heavy atom. The van der Waals surface area contributed by atoms with E-state index in [1.54, 1.807) is 0 Å². The number of hydrogen-bond donors (Lipinski definition) is 2. The molecule has 1 heterocycles. The Hall–Kier alpha value is -1.57. The summed E-state index contributed by atoms with van der Waals surface area (Å²) in [5.41, 5.74) is 10.5. The lowest BCUT2D eigenvalue weighted by atomic mass is 10.3. The van der Waals surface area contributed by atoms with Gasteiger partial charge in [0, 0.05) is 12.5 Å². The summed E-state index contributed by atoms with van der Waals surface area (Å²) < 4.78 is 23.0. The molecule has 7 nitrogen and oxygen atoms in total. The van der Waals surface area contributed by atoms with Crippen LogP contribution in [-0.2, 0) is 16.4 Å². The number of rotatable bonds is 4. The number of nitrogens with two attached hydrogens (primary N) is 2. The van der Waals surface area contributed by atoms with Gasteiger partial charge in [0.2, 0.25) is 0 Å². The third-order valence-electron chi connectivity index (χ3n) is 1.75. The number of anilines is 1. The van der Waals surface area contributed by atoms with Crippen molar-refractivity contribution in [3.63, 3.8) is 0 Å². The summed E-state index contributed by atoms with van der Waals surface area (Å²) in [5.74, 6) is -0.735. The summed E-state index contributed by atoms with van der Waals surface area (Å²) in [6, 6.07) is 0. The Kier molecular flexibility index (Phi) is 2.98. The Bertz CT molecular complexity index is 476. The fourth-order valence-corrected chi connectivity index (χ4v) is 1.52. The first kappa shape index (κ1) is 11.5. The summed E-state index contributed by atoms with van der Waals surface area (Å²) in [4.78, 5) is 10.8. The van der Waals surface area contributed by atoms with E-state index in [1.807, 2.05) is 0 Å². The molecule has 15 heavy (non-hydrogen) atoms. The van der Waals surface area contributed by atoms with Crippen molar-refractivity contribution in [1.82, 2.24) is 9.78 Å². The van der Waals surface area contributed by atoms with E-state index in [-0.39, 0.29) is 23.7 Å². The van der Waals surface area contributed by atoms with Crippen LogP contribution in [0.25, 0.3) is 0 Å². The van der Waals surface area contributed by atoms with Gasteiger partial charge in [-0.05, 0) is 0 Å². The fraction of sp³-hybridized carbons (Fsp3) is 0.429. The molecule has 1 rings (SSSR count). The van der Waals surface area contributed by atoms with Crippen LogP contribution in [0.3, 0.4) is 0 Å². The molecule has 8 heteroatoms. The Morgan fingerprint density at radius 2 is 2.20 bits per heavy atom. The van der Waals surface area contributed by atoms with E-state index < -0.39 is 15.7 Å². The highest BCUT2D eigenvalue weighted by Gasteiger charge is 2.11. The van der Waals surface area contributed by atoms with E-state index in [9.17, 15) is 13.2 Å². The van der Waals surface area contributed by atoms with Gasteiger partial charge in [-0.25, -0.2) is 8.42 Å². The summed E-state index contributed by atoms with van der Waals surface area (Å²) in [5, 5.41) is 3.76. The number of carbonyl (C=O) groups excluding carboxylic acids is 1. The Labute approximate surface area is 87.0 Å². The first-order valence-corrected chi connectivity index (χ1v) is 6.16. The number of aryl methyl sites for hydroxylation is 1. The monoisotopic (exact) mass is 232 g/mol. The maximum Gasteiger partial charge on any atom is 0.254 e. The highest BCUT2D eigenvalue weighted by molar-refractivity contribution is 7.90. The van der Waals surface area contributed by atoms with Gasteiger partial charge >= 0.3 is 0 Å². The van der Waals surface area contributed by atoms with Crippen LogP contribution in [0.15, 0.2) is 6.20 Å². The Morgan fingerprint density at radius 1 is 1.60 bits per heavy atom. The molecule has 0 atom stereocenters.